The first kappa shape index (κ1) is 16.6. The van der Waals surface area contributed by atoms with Crippen molar-refractivity contribution in [2.45, 2.75) is 39.7 Å². The summed E-state index contributed by atoms with van der Waals surface area (Å²) in [6.07, 6.45) is 2.10. The topological polar surface area (TPSA) is 54.0 Å². The van der Waals surface area contributed by atoms with Crippen molar-refractivity contribution in [3.05, 3.63) is 34.7 Å². The van der Waals surface area contributed by atoms with Gasteiger partial charge in [0.1, 0.15) is 0 Å². The van der Waals surface area contributed by atoms with E-state index >= 15 is 0 Å². The van der Waals surface area contributed by atoms with E-state index in [-0.39, 0.29) is 5.91 Å². The molecule has 1 unspecified atom stereocenters. The second kappa shape index (κ2) is 8.06. The minimum atomic E-state index is -0.0579. The van der Waals surface area contributed by atoms with Crippen LogP contribution in [0, 0.1) is 0 Å². The highest BCUT2D eigenvalue weighted by atomic mass is 32.1. The monoisotopic (exact) mass is 317 g/mol. The first-order valence-electron chi connectivity index (χ1n) is 7.64. The molecule has 1 heterocycles. The van der Waals surface area contributed by atoms with Crippen LogP contribution in [0.3, 0.4) is 0 Å². The summed E-state index contributed by atoms with van der Waals surface area (Å²) in [5.74, 6) is -0.0579. The molecular weight excluding hydrogens is 294 g/mol. The number of rotatable bonds is 7. The fourth-order valence-corrected chi connectivity index (χ4v) is 2.86. The van der Waals surface area contributed by atoms with Gasteiger partial charge in [-0.15, -0.1) is 11.3 Å². The quantitative estimate of drug-likeness (QED) is 0.818. The zero-order valence-corrected chi connectivity index (χ0v) is 14.2. The van der Waals surface area contributed by atoms with Crippen LogP contribution in [-0.2, 0) is 11.2 Å². The summed E-state index contributed by atoms with van der Waals surface area (Å²) in [7, 11) is 0. The second-order valence-electron chi connectivity index (χ2n) is 5.40. The first-order chi connectivity index (χ1) is 10.6. The lowest BCUT2D eigenvalue weighted by Crippen LogP contribution is -2.27. The highest BCUT2D eigenvalue weighted by Crippen LogP contribution is 2.23. The lowest BCUT2D eigenvalue weighted by atomic mass is 10.1. The third-order valence-corrected chi connectivity index (χ3v) is 4.41. The Morgan fingerprint density at radius 1 is 1.32 bits per heavy atom. The maximum atomic E-state index is 11.0. The van der Waals surface area contributed by atoms with Crippen LogP contribution in [0.2, 0.25) is 0 Å². The molecule has 2 N–H and O–H groups in total. The van der Waals surface area contributed by atoms with E-state index in [0.717, 1.165) is 41.3 Å². The number of nitrogens with zero attached hydrogens (tertiary/aromatic N) is 1. The van der Waals surface area contributed by atoms with Gasteiger partial charge in [0.25, 0.3) is 0 Å². The van der Waals surface area contributed by atoms with E-state index in [4.69, 9.17) is 0 Å². The van der Waals surface area contributed by atoms with Gasteiger partial charge < -0.3 is 10.6 Å². The number of amides is 1. The van der Waals surface area contributed by atoms with Crippen molar-refractivity contribution < 1.29 is 4.79 Å². The Labute approximate surface area is 136 Å². The van der Waals surface area contributed by atoms with Gasteiger partial charge in [-0.25, -0.2) is 4.98 Å². The normalized spacial score (nSPS) is 12.1. The Balaban J connectivity index is 1.94. The van der Waals surface area contributed by atoms with Gasteiger partial charge in [0, 0.05) is 42.6 Å². The van der Waals surface area contributed by atoms with E-state index in [2.05, 4.69) is 34.8 Å². The van der Waals surface area contributed by atoms with Crippen molar-refractivity contribution in [2.75, 3.05) is 11.9 Å². The largest absolute Gasteiger partial charge is 0.326 e. The standard InChI is InChI=1S/C17H23N3OS/c1-4-12(2)18-10-9-17-20-16(11-22-17)14-5-7-15(8-6-14)19-13(3)21/h5-8,11-12,18H,4,9-10H2,1-3H3,(H,19,21). The highest BCUT2D eigenvalue weighted by molar-refractivity contribution is 7.09. The molecule has 1 atom stereocenters. The van der Waals surface area contributed by atoms with Crippen molar-refractivity contribution in [3.8, 4) is 11.3 Å². The molecule has 0 saturated heterocycles. The molecular formula is C17H23N3OS. The average molecular weight is 317 g/mol. The smallest absolute Gasteiger partial charge is 0.221 e. The molecule has 0 fully saturated rings. The maximum Gasteiger partial charge on any atom is 0.221 e. The summed E-state index contributed by atoms with van der Waals surface area (Å²) in [4.78, 5) is 15.7. The lowest BCUT2D eigenvalue weighted by molar-refractivity contribution is -0.114. The van der Waals surface area contributed by atoms with Gasteiger partial charge >= 0.3 is 0 Å². The molecule has 0 aliphatic carbocycles. The maximum absolute atomic E-state index is 11.0. The van der Waals surface area contributed by atoms with Crippen LogP contribution in [0.4, 0.5) is 5.69 Å². The van der Waals surface area contributed by atoms with E-state index in [0.29, 0.717) is 6.04 Å². The summed E-state index contributed by atoms with van der Waals surface area (Å²) in [5.41, 5.74) is 2.88. The van der Waals surface area contributed by atoms with Crippen molar-refractivity contribution in [3.63, 3.8) is 0 Å². The van der Waals surface area contributed by atoms with Gasteiger partial charge in [0.15, 0.2) is 0 Å². The molecule has 0 aliphatic rings. The molecule has 2 aromatic rings. The van der Waals surface area contributed by atoms with Crippen LogP contribution in [0.15, 0.2) is 29.6 Å². The van der Waals surface area contributed by atoms with Crippen LogP contribution >= 0.6 is 11.3 Å². The summed E-state index contributed by atoms with van der Waals surface area (Å²) in [6, 6.07) is 8.34. The number of hydrogen-bond donors (Lipinski definition) is 2. The molecule has 0 radical (unpaired) electrons. The van der Waals surface area contributed by atoms with Crippen molar-refractivity contribution in [1.82, 2.24) is 10.3 Å². The van der Waals surface area contributed by atoms with E-state index < -0.39 is 0 Å². The van der Waals surface area contributed by atoms with Crippen LogP contribution < -0.4 is 10.6 Å². The molecule has 5 heteroatoms. The van der Waals surface area contributed by atoms with Crippen LogP contribution in [0.25, 0.3) is 11.3 Å². The third-order valence-electron chi connectivity index (χ3n) is 3.50. The summed E-state index contributed by atoms with van der Waals surface area (Å²) >= 11 is 1.70. The molecule has 4 nitrogen and oxygen atoms in total. The Morgan fingerprint density at radius 2 is 2.05 bits per heavy atom. The fourth-order valence-electron chi connectivity index (χ4n) is 2.06. The molecule has 0 spiro atoms. The lowest BCUT2D eigenvalue weighted by Gasteiger charge is -2.09. The van der Waals surface area contributed by atoms with Crippen molar-refractivity contribution in [2.24, 2.45) is 0 Å². The predicted octanol–water partition coefficient (Wildman–Crippen LogP) is 3.70. The molecule has 118 valence electrons. The third kappa shape index (κ3) is 4.93. The molecule has 22 heavy (non-hydrogen) atoms. The van der Waals surface area contributed by atoms with E-state index in [1.807, 2.05) is 24.3 Å². The zero-order chi connectivity index (χ0) is 15.9. The highest BCUT2D eigenvalue weighted by Gasteiger charge is 2.06. The number of carbonyl (C=O) groups excluding carboxylic acids is 1. The van der Waals surface area contributed by atoms with E-state index in [9.17, 15) is 4.79 Å². The minimum Gasteiger partial charge on any atom is -0.326 e. The van der Waals surface area contributed by atoms with Gasteiger partial charge in [0.2, 0.25) is 5.91 Å². The van der Waals surface area contributed by atoms with Crippen LogP contribution in [0.1, 0.15) is 32.2 Å². The van der Waals surface area contributed by atoms with Crippen LogP contribution in [-0.4, -0.2) is 23.5 Å². The second-order valence-corrected chi connectivity index (χ2v) is 6.34. The number of anilines is 1. The Kier molecular flexibility index (Phi) is 6.10. The Bertz CT molecular complexity index is 607. The zero-order valence-electron chi connectivity index (χ0n) is 13.3. The number of hydrogen-bond acceptors (Lipinski definition) is 4. The van der Waals surface area contributed by atoms with Gasteiger partial charge in [-0.05, 0) is 25.5 Å². The fraction of sp³-hybridized carbons (Fsp3) is 0.412. The number of thiazole rings is 1. The van der Waals surface area contributed by atoms with Crippen molar-refractivity contribution >= 4 is 22.9 Å². The number of benzene rings is 1. The minimum absolute atomic E-state index is 0.0579. The summed E-state index contributed by atoms with van der Waals surface area (Å²) in [5, 5.41) is 9.49. The van der Waals surface area contributed by atoms with Gasteiger partial charge in [0.05, 0.1) is 10.7 Å². The van der Waals surface area contributed by atoms with Crippen LogP contribution in [0.5, 0.6) is 0 Å². The number of nitrogens with one attached hydrogen (secondary N) is 2. The molecule has 2 rings (SSSR count). The number of aromatic nitrogens is 1. The molecule has 0 saturated carbocycles. The molecule has 0 bridgehead atoms. The Morgan fingerprint density at radius 3 is 2.68 bits per heavy atom. The van der Waals surface area contributed by atoms with E-state index in [1.165, 1.54) is 6.92 Å². The SMILES string of the molecule is CCC(C)NCCc1nc(-c2ccc(NC(C)=O)cc2)cs1. The molecule has 1 amide bonds. The van der Waals surface area contributed by atoms with E-state index in [1.54, 1.807) is 11.3 Å². The van der Waals surface area contributed by atoms with Crippen molar-refractivity contribution in [1.29, 1.82) is 0 Å². The van der Waals surface area contributed by atoms with Gasteiger partial charge in [-0.1, -0.05) is 19.1 Å². The first-order valence-corrected chi connectivity index (χ1v) is 8.52. The predicted molar refractivity (Wildman–Crippen MR) is 93.3 cm³/mol. The number of carbonyl (C=O) groups is 1. The summed E-state index contributed by atoms with van der Waals surface area (Å²) in [6.45, 7) is 6.85. The molecule has 0 aliphatic heterocycles. The molecule has 1 aromatic carbocycles. The Hall–Kier alpha value is -1.72. The average Bonchev–Trinajstić information content (AvgIpc) is 2.96. The van der Waals surface area contributed by atoms with Gasteiger partial charge in [-0.2, -0.15) is 0 Å². The molecule has 1 aromatic heterocycles. The van der Waals surface area contributed by atoms with Gasteiger partial charge in [-0.3, -0.25) is 4.79 Å². The summed E-state index contributed by atoms with van der Waals surface area (Å²) < 4.78 is 0.